The number of H-pyrrole nitrogens is 1. The molecule has 7 heteroatoms. The molecule has 0 fully saturated rings. The minimum absolute atomic E-state index is 0.0833. The van der Waals surface area contributed by atoms with E-state index in [-0.39, 0.29) is 11.7 Å². The molecular weight excluding hydrogens is 364 g/mol. The maximum absolute atomic E-state index is 12.3. The van der Waals surface area contributed by atoms with Crippen LogP contribution in [0.15, 0.2) is 35.5 Å². The fourth-order valence-electron chi connectivity index (χ4n) is 2.88. The van der Waals surface area contributed by atoms with Crippen LogP contribution < -0.4 is 5.32 Å². The summed E-state index contributed by atoms with van der Waals surface area (Å²) in [5, 5.41) is 4.28. The van der Waals surface area contributed by atoms with Gasteiger partial charge in [-0.15, -0.1) is 0 Å². The summed E-state index contributed by atoms with van der Waals surface area (Å²) in [6.45, 7) is 6.15. The Labute approximate surface area is 159 Å². The zero-order valence-electron chi connectivity index (χ0n) is 14.7. The van der Waals surface area contributed by atoms with Crippen LogP contribution in [0.3, 0.4) is 0 Å². The maximum Gasteiger partial charge on any atom is 0.236 e. The lowest BCUT2D eigenvalue weighted by Gasteiger charge is -1.99. The quantitative estimate of drug-likeness (QED) is 0.496. The van der Waals surface area contributed by atoms with Gasteiger partial charge in [0.05, 0.1) is 27.0 Å². The van der Waals surface area contributed by atoms with Crippen molar-refractivity contribution in [3.8, 4) is 0 Å². The van der Waals surface area contributed by atoms with E-state index in [4.69, 9.17) is 0 Å². The fraction of sp³-hybridized carbons (Fsp3) is 0.211. The molecule has 1 amide bonds. The summed E-state index contributed by atoms with van der Waals surface area (Å²) < 4.78 is 1.10. The topological polar surface area (TPSA) is 70.7 Å². The Balaban J connectivity index is 1.44. The molecule has 0 bridgehead atoms. The predicted molar refractivity (Wildman–Crippen MR) is 109 cm³/mol. The highest BCUT2D eigenvalue weighted by Crippen LogP contribution is 2.29. The molecule has 2 aromatic heterocycles. The van der Waals surface area contributed by atoms with Crippen molar-refractivity contribution in [2.75, 3.05) is 11.1 Å². The van der Waals surface area contributed by atoms with Crippen LogP contribution >= 0.6 is 23.1 Å². The molecule has 5 nitrogen and oxygen atoms in total. The number of benzene rings is 2. The minimum atomic E-state index is -0.0833. The number of nitrogens with one attached hydrogen (secondary N) is 2. The molecule has 26 heavy (non-hydrogen) atoms. The van der Waals surface area contributed by atoms with Crippen molar-refractivity contribution in [2.24, 2.45) is 0 Å². The highest BCUT2D eigenvalue weighted by atomic mass is 32.2. The summed E-state index contributed by atoms with van der Waals surface area (Å²) in [6.07, 6.45) is 0. The molecule has 0 saturated carbocycles. The number of thiazole rings is 1. The van der Waals surface area contributed by atoms with Gasteiger partial charge in [0, 0.05) is 0 Å². The molecular formula is C19H18N4OS2. The molecule has 4 rings (SSSR count). The van der Waals surface area contributed by atoms with Gasteiger partial charge in [0.15, 0.2) is 10.3 Å². The van der Waals surface area contributed by atoms with E-state index < -0.39 is 0 Å². The van der Waals surface area contributed by atoms with Crippen LogP contribution in [0.4, 0.5) is 5.13 Å². The van der Waals surface area contributed by atoms with E-state index in [1.807, 2.05) is 26.0 Å². The van der Waals surface area contributed by atoms with Crippen molar-refractivity contribution >= 4 is 55.4 Å². The number of imidazole rings is 1. The molecule has 2 aromatic carbocycles. The smallest absolute Gasteiger partial charge is 0.236 e. The van der Waals surface area contributed by atoms with Crippen molar-refractivity contribution in [3.05, 3.63) is 47.0 Å². The number of nitrogens with zero attached hydrogens (tertiary/aromatic N) is 2. The number of carbonyl (C=O) groups is 1. The van der Waals surface area contributed by atoms with E-state index in [1.54, 1.807) is 0 Å². The summed E-state index contributed by atoms with van der Waals surface area (Å²) in [5.41, 5.74) is 6.37. The normalized spacial score (nSPS) is 11.3. The minimum Gasteiger partial charge on any atom is -0.333 e. The van der Waals surface area contributed by atoms with Crippen LogP contribution in [0, 0.1) is 20.8 Å². The number of anilines is 1. The second-order valence-corrected chi connectivity index (χ2v) is 8.34. The molecule has 4 aromatic rings. The lowest BCUT2D eigenvalue weighted by molar-refractivity contribution is -0.113. The van der Waals surface area contributed by atoms with Crippen LogP contribution in [0.2, 0.25) is 0 Å². The Morgan fingerprint density at radius 3 is 2.85 bits per heavy atom. The molecule has 0 saturated heterocycles. The average Bonchev–Trinajstić information content (AvgIpc) is 3.15. The monoisotopic (exact) mass is 382 g/mol. The van der Waals surface area contributed by atoms with Crippen molar-refractivity contribution in [3.63, 3.8) is 0 Å². The molecule has 0 aliphatic heterocycles. The Kier molecular flexibility index (Phi) is 4.42. The molecule has 0 spiro atoms. The van der Waals surface area contributed by atoms with E-state index in [1.165, 1.54) is 34.2 Å². The number of fused-ring (bicyclic) bond motifs is 2. The summed E-state index contributed by atoms with van der Waals surface area (Å²) in [4.78, 5) is 24.6. The standard InChI is InChI=1S/C19H18N4OS2/c1-10-4-5-13-14(7-10)21-18(20-13)25-9-16(24)22-19-23-17-12(3)6-11(2)8-15(17)26-19/h4-8H,9H2,1-3H3,(H,20,21)(H,22,23,24). The number of carbonyl (C=O) groups excluding carboxylic acids is 1. The highest BCUT2D eigenvalue weighted by Gasteiger charge is 2.11. The maximum atomic E-state index is 12.3. The third-order valence-corrected chi connectivity index (χ3v) is 5.82. The van der Waals surface area contributed by atoms with Crippen LogP contribution in [0.25, 0.3) is 21.3 Å². The molecule has 0 unspecified atom stereocenters. The van der Waals surface area contributed by atoms with Gasteiger partial charge in [0.2, 0.25) is 5.91 Å². The molecule has 0 aliphatic rings. The van der Waals surface area contributed by atoms with Gasteiger partial charge in [-0.2, -0.15) is 0 Å². The average molecular weight is 383 g/mol. The fourth-order valence-corrected chi connectivity index (χ4v) is 4.62. The van der Waals surface area contributed by atoms with Crippen molar-refractivity contribution < 1.29 is 4.79 Å². The van der Waals surface area contributed by atoms with Gasteiger partial charge in [0.25, 0.3) is 0 Å². The van der Waals surface area contributed by atoms with E-state index in [0.717, 1.165) is 32.0 Å². The second kappa shape index (κ2) is 6.74. The number of amides is 1. The van der Waals surface area contributed by atoms with Crippen LogP contribution in [0.5, 0.6) is 0 Å². The number of thioether (sulfide) groups is 1. The summed E-state index contributed by atoms with van der Waals surface area (Å²) >= 11 is 2.90. The van der Waals surface area contributed by atoms with Crippen molar-refractivity contribution in [2.45, 2.75) is 25.9 Å². The molecule has 0 radical (unpaired) electrons. The molecule has 0 atom stereocenters. The van der Waals surface area contributed by atoms with Crippen molar-refractivity contribution in [1.82, 2.24) is 15.0 Å². The van der Waals surface area contributed by atoms with E-state index in [0.29, 0.717) is 5.13 Å². The number of aromatic amines is 1. The first-order valence-electron chi connectivity index (χ1n) is 8.25. The largest absolute Gasteiger partial charge is 0.333 e. The Bertz CT molecular complexity index is 1130. The SMILES string of the molecule is Cc1ccc2nc(SCC(=O)Nc3nc4c(C)cc(C)cc4s3)[nH]c2c1. The van der Waals surface area contributed by atoms with Gasteiger partial charge in [-0.25, -0.2) is 9.97 Å². The van der Waals surface area contributed by atoms with E-state index >= 15 is 0 Å². The van der Waals surface area contributed by atoms with Gasteiger partial charge < -0.3 is 10.3 Å². The second-order valence-electron chi connectivity index (χ2n) is 6.35. The zero-order valence-corrected chi connectivity index (χ0v) is 16.3. The molecule has 2 N–H and O–H groups in total. The number of aryl methyl sites for hydroxylation is 3. The third-order valence-electron chi connectivity index (χ3n) is 4.03. The molecule has 2 heterocycles. The predicted octanol–water partition coefficient (Wildman–Crippen LogP) is 4.83. The van der Waals surface area contributed by atoms with Crippen LogP contribution in [0.1, 0.15) is 16.7 Å². The third kappa shape index (κ3) is 3.45. The van der Waals surface area contributed by atoms with E-state index in [2.05, 4.69) is 45.4 Å². The number of rotatable bonds is 4. The highest BCUT2D eigenvalue weighted by molar-refractivity contribution is 7.99. The summed E-state index contributed by atoms with van der Waals surface area (Å²) in [7, 11) is 0. The zero-order chi connectivity index (χ0) is 18.3. The Morgan fingerprint density at radius 2 is 2.00 bits per heavy atom. The first-order valence-corrected chi connectivity index (χ1v) is 10.0. The van der Waals surface area contributed by atoms with E-state index in [9.17, 15) is 4.79 Å². The summed E-state index contributed by atoms with van der Waals surface area (Å²) in [6, 6.07) is 10.3. The molecule has 0 aliphatic carbocycles. The first kappa shape index (κ1) is 17.1. The van der Waals surface area contributed by atoms with Gasteiger partial charge in [0.1, 0.15) is 0 Å². The van der Waals surface area contributed by atoms with Gasteiger partial charge in [-0.1, -0.05) is 35.2 Å². The number of hydrogen-bond acceptors (Lipinski definition) is 5. The Hall–Kier alpha value is -2.38. The van der Waals surface area contributed by atoms with Crippen LogP contribution in [-0.4, -0.2) is 26.6 Å². The van der Waals surface area contributed by atoms with Crippen LogP contribution in [-0.2, 0) is 4.79 Å². The molecule has 132 valence electrons. The van der Waals surface area contributed by atoms with Gasteiger partial charge in [-0.05, 0) is 55.7 Å². The number of aromatic nitrogens is 3. The van der Waals surface area contributed by atoms with Crippen molar-refractivity contribution in [1.29, 1.82) is 0 Å². The first-order chi connectivity index (χ1) is 12.5. The lowest BCUT2D eigenvalue weighted by atomic mass is 10.1. The Morgan fingerprint density at radius 1 is 1.15 bits per heavy atom. The lowest BCUT2D eigenvalue weighted by Crippen LogP contribution is -2.13. The van der Waals surface area contributed by atoms with Gasteiger partial charge in [-0.3, -0.25) is 4.79 Å². The number of hydrogen-bond donors (Lipinski definition) is 2. The van der Waals surface area contributed by atoms with Gasteiger partial charge >= 0.3 is 0 Å². The summed E-state index contributed by atoms with van der Waals surface area (Å²) in [5.74, 6) is 0.201.